The highest BCUT2D eigenvalue weighted by Gasteiger charge is 2.38. The summed E-state index contributed by atoms with van der Waals surface area (Å²) >= 11 is 0. The van der Waals surface area contributed by atoms with E-state index < -0.39 is 0 Å². The molecule has 0 aromatic rings. The summed E-state index contributed by atoms with van der Waals surface area (Å²) in [5.41, 5.74) is 0. The molecule has 0 radical (unpaired) electrons. The Morgan fingerprint density at radius 3 is 2.17 bits per heavy atom. The van der Waals surface area contributed by atoms with Gasteiger partial charge >= 0.3 is 0 Å². The number of aliphatic hydroxyl groups excluding tert-OH is 1. The fourth-order valence-electron chi connectivity index (χ4n) is 2.40. The smallest absolute Gasteiger partial charge is 0.0822 e. The zero-order valence-electron chi connectivity index (χ0n) is 6.94. The lowest BCUT2D eigenvalue weighted by Crippen LogP contribution is -2.43. The first-order valence-corrected chi connectivity index (χ1v) is 4.27. The van der Waals surface area contributed by atoms with Gasteiger partial charge in [0.2, 0.25) is 0 Å². The van der Waals surface area contributed by atoms with E-state index in [9.17, 15) is 5.11 Å². The minimum atomic E-state index is -0.108. The molecule has 0 saturated carbocycles. The van der Waals surface area contributed by atoms with E-state index in [1.807, 2.05) is 0 Å². The molecule has 0 spiro atoms. The van der Waals surface area contributed by atoms with Crippen molar-refractivity contribution in [2.75, 3.05) is 0 Å². The van der Waals surface area contributed by atoms with Gasteiger partial charge in [-0.05, 0) is 25.7 Å². The third kappa shape index (κ3) is 1.43. The Morgan fingerprint density at radius 1 is 1.25 bits per heavy atom. The van der Waals surface area contributed by atoms with Gasteiger partial charge in [-0.15, -0.1) is 12.4 Å². The standard InChI is InChI=1S/C8H14N2O.ClH/c9-5-10-6-1-2-7(10)4-8(11)3-6;/h5-9,11H,1-4H2;1H. The first-order valence-electron chi connectivity index (χ1n) is 4.27. The average molecular weight is 191 g/mol. The van der Waals surface area contributed by atoms with Gasteiger partial charge in [0.15, 0.2) is 0 Å². The predicted molar refractivity (Wildman–Crippen MR) is 49.9 cm³/mol. The molecule has 2 rings (SSSR count). The highest BCUT2D eigenvalue weighted by Crippen LogP contribution is 2.34. The van der Waals surface area contributed by atoms with Crippen LogP contribution in [0, 0.1) is 5.41 Å². The third-order valence-corrected chi connectivity index (χ3v) is 2.91. The molecule has 70 valence electrons. The van der Waals surface area contributed by atoms with Gasteiger partial charge in [0.25, 0.3) is 0 Å². The quantitative estimate of drug-likeness (QED) is 0.479. The van der Waals surface area contributed by atoms with Crippen LogP contribution in [0.2, 0.25) is 0 Å². The second-order valence-corrected chi connectivity index (χ2v) is 3.59. The SMILES string of the molecule is Cl.N=CN1C2CCC1CC(O)C2. The maximum atomic E-state index is 9.40. The van der Waals surface area contributed by atoms with Crippen molar-refractivity contribution in [2.45, 2.75) is 43.9 Å². The number of nitrogens with one attached hydrogen (secondary N) is 1. The molecule has 2 aliphatic heterocycles. The Kier molecular flexibility index (Phi) is 2.96. The summed E-state index contributed by atoms with van der Waals surface area (Å²) in [5.74, 6) is 0. The Morgan fingerprint density at radius 2 is 1.75 bits per heavy atom. The van der Waals surface area contributed by atoms with E-state index in [-0.39, 0.29) is 18.5 Å². The molecule has 12 heavy (non-hydrogen) atoms. The molecule has 0 aromatic heterocycles. The lowest BCUT2D eigenvalue weighted by Gasteiger charge is -2.35. The van der Waals surface area contributed by atoms with E-state index in [2.05, 4.69) is 4.90 Å². The summed E-state index contributed by atoms with van der Waals surface area (Å²) in [6, 6.07) is 0.919. The number of hydrogen-bond acceptors (Lipinski definition) is 2. The molecular weight excluding hydrogens is 176 g/mol. The first kappa shape index (κ1) is 9.81. The van der Waals surface area contributed by atoms with E-state index in [0.29, 0.717) is 12.1 Å². The van der Waals surface area contributed by atoms with E-state index in [1.54, 1.807) is 0 Å². The van der Waals surface area contributed by atoms with Crippen LogP contribution in [-0.4, -0.2) is 34.5 Å². The van der Waals surface area contributed by atoms with Gasteiger partial charge < -0.3 is 10.0 Å². The number of fused-ring (bicyclic) bond motifs is 2. The molecule has 2 heterocycles. The third-order valence-electron chi connectivity index (χ3n) is 2.91. The van der Waals surface area contributed by atoms with Crippen LogP contribution in [0.15, 0.2) is 0 Å². The molecule has 0 aromatic carbocycles. The summed E-state index contributed by atoms with van der Waals surface area (Å²) in [6.45, 7) is 0. The van der Waals surface area contributed by atoms with Crippen molar-refractivity contribution in [2.24, 2.45) is 0 Å². The normalized spacial score (nSPS) is 39.1. The van der Waals surface area contributed by atoms with E-state index in [4.69, 9.17) is 5.41 Å². The van der Waals surface area contributed by atoms with Gasteiger partial charge in [-0.2, -0.15) is 0 Å². The monoisotopic (exact) mass is 190 g/mol. The van der Waals surface area contributed by atoms with Gasteiger partial charge in [0.1, 0.15) is 0 Å². The molecule has 2 fully saturated rings. The molecule has 3 nitrogen and oxygen atoms in total. The van der Waals surface area contributed by atoms with Crippen LogP contribution in [0.25, 0.3) is 0 Å². The van der Waals surface area contributed by atoms with Crippen molar-refractivity contribution >= 4 is 18.7 Å². The molecule has 2 unspecified atom stereocenters. The van der Waals surface area contributed by atoms with Gasteiger partial charge in [-0.25, -0.2) is 0 Å². The second-order valence-electron chi connectivity index (χ2n) is 3.59. The van der Waals surface area contributed by atoms with Crippen LogP contribution in [0.4, 0.5) is 0 Å². The van der Waals surface area contributed by atoms with E-state index >= 15 is 0 Å². The van der Waals surface area contributed by atoms with Gasteiger partial charge in [-0.3, -0.25) is 5.41 Å². The molecule has 4 heteroatoms. The van der Waals surface area contributed by atoms with Gasteiger partial charge in [-0.1, -0.05) is 0 Å². The van der Waals surface area contributed by atoms with E-state index in [0.717, 1.165) is 25.7 Å². The molecule has 0 aliphatic carbocycles. The molecule has 2 saturated heterocycles. The fourth-order valence-corrected chi connectivity index (χ4v) is 2.40. The summed E-state index contributed by atoms with van der Waals surface area (Å²) in [4.78, 5) is 2.10. The van der Waals surface area contributed by atoms with Crippen molar-refractivity contribution in [3.63, 3.8) is 0 Å². The largest absolute Gasteiger partial charge is 0.393 e. The lowest BCUT2D eigenvalue weighted by atomic mass is 10.0. The molecule has 0 amide bonds. The van der Waals surface area contributed by atoms with Crippen LogP contribution >= 0.6 is 12.4 Å². The minimum absolute atomic E-state index is 0. The highest BCUT2D eigenvalue weighted by atomic mass is 35.5. The summed E-state index contributed by atoms with van der Waals surface area (Å²) < 4.78 is 0. The predicted octanol–water partition coefficient (Wildman–Crippen LogP) is 1.00. The topological polar surface area (TPSA) is 47.3 Å². The second kappa shape index (κ2) is 3.62. The number of rotatable bonds is 1. The number of nitrogens with zero attached hydrogens (tertiary/aromatic N) is 1. The summed E-state index contributed by atoms with van der Waals surface area (Å²) in [7, 11) is 0. The van der Waals surface area contributed by atoms with Crippen LogP contribution in [-0.2, 0) is 0 Å². The number of aliphatic hydroxyl groups is 1. The van der Waals surface area contributed by atoms with Crippen molar-refractivity contribution in [1.82, 2.24) is 4.90 Å². The van der Waals surface area contributed by atoms with Gasteiger partial charge in [0, 0.05) is 12.1 Å². The Labute approximate surface area is 78.7 Å². The number of hydrogen-bond donors (Lipinski definition) is 2. The maximum Gasteiger partial charge on any atom is 0.0822 e. The van der Waals surface area contributed by atoms with Crippen molar-refractivity contribution in [3.05, 3.63) is 0 Å². The number of halogens is 1. The molecule has 2 atom stereocenters. The first-order chi connectivity index (χ1) is 5.31. The number of piperidine rings is 1. The van der Waals surface area contributed by atoms with E-state index in [1.165, 1.54) is 6.34 Å². The fraction of sp³-hybridized carbons (Fsp3) is 0.875. The van der Waals surface area contributed by atoms with Crippen LogP contribution in [0.3, 0.4) is 0 Å². The van der Waals surface area contributed by atoms with Crippen molar-refractivity contribution < 1.29 is 5.11 Å². The van der Waals surface area contributed by atoms with Crippen molar-refractivity contribution in [1.29, 1.82) is 5.41 Å². The Hall–Kier alpha value is -0.280. The van der Waals surface area contributed by atoms with Crippen LogP contribution in [0.1, 0.15) is 25.7 Å². The Bertz CT molecular complexity index is 162. The lowest BCUT2D eigenvalue weighted by molar-refractivity contribution is 0.0731. The zero-order chi connectivity index (χ0) is 7.84. The van der Waals surface area contributed by atoms with Crippen molar-refractivity contribution in [3.8, 4) is 0 Å². The molecule has 2 N–H and O–H groups in total. The van der Waals surface area contributed by atoms with Crippen LogP contribution in [0.5, 0.6) is 0 Å². The Balaban J connectivity index is 0.000000720. The molecule has 2 bridgehead atoms. The molecule has 2 aliphatic rings. The average Bonchev–Trinajstić information content (AvgIpc) is 2.23. The van der Waals surface area contributed by atoms with Gasteiger partial charge in [0.05, 0.1) is 12.4 Å². The zero-order valence-corrected chi connectivity index (χ0v) is 7.76. The molecular formula is C8H15ClN2O. The summed E-state index contributed by atoms with van der Waals surface area (Å²) in [5, 5.41) is 16.6. The van der Waals surface area contributed by atoms with Crippen LogP contribution < -0.4 is 0 Å². The highest BCUT2D eigenvalue weighted by molar-refractivity contribution is 5.85. The minimum Gasteiger partial charge on any atom is -0.393 e. The maximum absolute atomic E-state index is 9.40. The summed E-state index contributed by atoms with van der Waals surface area (Å²) in [6.07, 6.45) is 5.39.